The molecule has 1 fully saturated rings. The topological polar surface area (TPSA) is 27.1 Å². The van der Waals surface area contributed by atoms with Crippen molar-refractivity contribution in [1.29, 1.82) is 0 Å². The standard InChI is InChI=1S/C20H21ClN2O/c1-13-7-12-17(21)20-18(13)19(14-8-10-16(24-2)11-9-14)22-23(20)15-5-3-4-6-15/h7-12,15H,3-6H2,1-2H3. The summed E-state index contributed by atoms with van der Waals surface area (Å²) in [5, 5.41) is 6.96. The largest absolute Gasteiger partial charge is 0.497 e. The molecule has 0 N–H and O–H groups in total. The molecule has 3 aromatic rings. The maximum absolute atomic E-state index is 6.58. The highest BCUT2D eigenvalue weighted by Crippen LogP contribution is 2.39. The number of ether oxygens (including phenoxy) is 1. The van der Waals surface area contributed by atoms with Crippen LogP contribution >= 0.6 is 11.6 Å². The van der Waals surface area contributed by atoms with Crippen molar-refractivity contribution < 1.29 is 4.74 Å². The monoisotopic (exact) mass is 340 g/mol. The Labute approximate surface area is 147 Å². The van der Waals surface area contributed by atoms with Crippen LogP contribution in [0.3, 0.4) is 0 Å². The highest BCUT2D eigenvalue weighted by Gasteiger charge is 2.24. The first kappa shape index (κ1) is 15.5. The normalized spacial score (nSPS) is 15.3. The molecule has 0 amide bonds. The summed E-state index contributed by atoms with van der Waals surface area (Å²) in [4.78, 5) is 0. The lowest BCUT2D eigenvalue weighted by Gasteiger charge is -2.12. The van der Waals surface area contributed by atoms with Gasteiger partial charge in [0.25, 0.3) is 0 Å². The molecule has 0 radical (unpaired) electrons. The Bertz CT molecular complexity index is 877. The van der Waals surface area contributed by atoms with Gasteiger partial charge in [0.15, 0.2) is 0 Å². The van der Waals surface area contributed by atoms with Crippen LogP contribution in [-0.2, 0) is 0 Å². The van der Waals surface area contributed by atoms with E-state index >= 15 is 0 Å². The molecule has 0 spiro atoms. The summed E-state index contributed by atoms with van der Waals surface area (Å²) in [5.74, 6) is 0.855. The van der Waals surface area contributed by atoms with Crippen LogP contribution in [0.4, 0.5) is 0 Å². The van der Waals surface area contributed by atoms with E-state index in [0.717, 1.165) is 27.5 Å². The van der Waals surface area contributed by atoms with E-state index in [1.807, 2.05) is 18.2 Å². The molecule has 0 bridgehead atoms. The summed E-state index contributed by atoms with van der Waals surface area (Å²) in [6.45, 7) is 2.13. The number of nitrogens with zero attached hydrogens (tertiary/aromatic N) is 2. The van der Waals surface area contributed by atoms with Gasteiger partial charge >= 0.3 is 0 Å². The Kier molecular flexibility index (Phi) is 3.97. The molecule has 124 valence electrons. The summed E-state index contributed by atoms with van der Waals surface area (Å²) in [6.07, 6.45) is 4.91. The molecular formula is C20H21ClN2O. The van der Waals surface area contributed by atoms with E-state index in [2.05, 4.69) is 29.8 Å². The van der Waals surface area contributed by atoms with Gasteiger partial charge in [-0.15, -0.1) is 0 Å². The number of aryl methyl sites for hydroxylation is 1. The predicted molar refractivity (Wildman–Crippen MR) is 99.0 cm³/mol. The van der Waals surface area contributed by atoms with E-state index < -0.39 is 0 Å². The molecule has 0 aliphatic heterocycles. The zero-order valence-corrected chi connectivity index (χ0v) is 14.8. The Morgan fingerprint density at radius 2 is 1.79 bits per heavy atom. The number of methoxy groups -OCH3 is 1. The van der Waals surface area contributed by atoms with Crippen molar-refractivity contribution in [2.45, 2.75) is 38.6 Å². The molecule has 1 heterocycles. The van der Waals surface area contributed by atoms with Gasteiger partial charge in [0, 0.05) is 10.9 Å². The van der Waals surface area contributed by atoms with E-state index in [1.54, 1.807) is 7.11 Å². The second-order valence-corrected chi connectivity index (χ2v) is 6.96. The number of hydrogen-bond acceptors (Lipinski definition) is 2. The summed E-state index contributed by atoms with van der Waals surface area (Å²) in [5.41, 5.74) is 4.40. The molecule has 4 rings (SSSR count). The zero-order valence-electron chi connectivity index (χ0n) is 14.1. The average molecular weight is 341 g/mol. The fourth-order valence-electron chi connectivity index (χ4n) is 3.76. The number of aromatic nitrogens is 2. The predicted octanol–water partition coefficient (Wildman–Crippen LogP) is 5.79. The van der Waals surface area contributed by atoms with Crippen LogP contribution < -0.4 is 4.74 Å². The molecular weight excluding hydrogens is 320 g/mol. The van der Waals surface area contributed by atoms with Crippen LogP contribution in [0.1, 0.15) is 37.3 Å². The van der Waals surface area contributed by atoms with Gasteiger partial charge < -0.3 is 4.74 Å². The lowest BCUT2D eigenvalue weighted by atomic mass is 10.0. The minimum Gasteiger partial charge on any atom is -0.497 e. The summed E-state index contributed by atoms with van der Waals surface area (Å²) in [6, 6.07) is 12.6. The Hall–Kier alpha value is -2.00. The number of rotatable bonds is 3. The van der Waals surface area contributed by atoms with Gasteiger partial charge in [0.1, 0.15) is 11.4 Å². The maximum atomic E-state index is 6.58. The van der Waals surface area contributed by atoms with E-state index in [4.69, 9.17) is 21.4 Å². The fraction of sp³-hybridized carbons (Fsp3) is 0.350. The van der Waals surface area contributed by atoms with Crippen molar-refractivity contribution in [3.8, 4) is 17.0 Å². The van der Waals surface area contributed by atoms with Crippen LogP contribution in [0.25, 0.3) is 22.2 Å². The van der Waals surface area contributed by atoms with E-state index in [1.165, 1.54) is 36.6 Å². The zero-order chi connectivity index (χ0) is 16.7. The molecule has 0 unspecified atom stereocenters. The quantitative estimate of drug-likeness (QED) is 0.603. The van der Waals surface area contributed by atoms with Gasteiger partial charge in [-0.25, -0.2) is 0 Å². The van der Waals surface area contributed by atoms with Crippen LogP contribution in [-0.4, -0.2) is 16.9 Å². The van der Waals surface area contributed by atoms with E-state index in [9.17, 15) is 0 Å². The first-order valence-corrected chi connectivity index (χ1v) is 8.88. The van der Waals surface area contributed by atoms with E-state index in [0.29, 0.717) is 6.04 Å². The van der Waals surface area contributed by atoms with E-state index in [-0.39, 0.29) is 0 Å². The van der Waals surface area contributed by atoms with Gasteiger partial charge in [0.05, 0.1) is 23.7 Å². The molecule has 0 atom stereocenters. The van der Waals surface area contributed by atoms with Gasteiger partial charge in [-0.2, -0.15) is 5.10 Å². The molecule has 0 saturated heterocycles. The minimum atomic E-state index is 0.457. The Morgan fingerprint density at radius 3 is 2.46 bits per heavy atom. The van der Waals surface area contributed by atoms with Crippen molar-refractivity contribution in [2.75, 3.05) is 7.11 Å². The van der Waals surface area contributed by atoms with Crippen LogP contribution in [0, 0.1) is 6.92 Å². The number of fused-ring (bicyclic) bond motifs is 1. The number of hydrogen-bond donors (Lipinski definition) is 0. The van der Waals surface area contributed by atoms with Crippen molar-refractivity contribution >= 4 is 22.5 Å². The number of halogens is 1. The summed E-state index contributed by atoms with van der Waals surface area (Å²) in [7, 11) is 1.68. The highest BCUT2D eigenvalue weighted by atomic mass is 35.5. The molecule has 2 aromatic carbocycles. The molecule has 4 heteroatoms. The van der Waals surface area contributed by atoms with Crippen LogP contribution in [0.2, 0.25) is 5.02 Å². The fourth-order valence-corrected chi connectivity index (χ4v) is 4.01. The lowest BCUT2D eigenvalue weighted by Crippen LogP contribution is -2.06. The molecule has 24 heavy (non-hydrogen) atoms. The third-order valence-electron chi connectivity index (χ3n) is 5.04. The average Bonchev–Trinajstić information content (AvgIpc) is 3.26. The second kappa shape index (κ2) is 6.14. The van der Waals surface area contributed by atoms with Crippen molar-refractivity contribution in [3.63, 3.8) is 0 Å². The third kappa shape index (κ3) is 2.48. The van der Waals surface area contributed by atoms with Crippen LogP contribution in [0.5, 0.6) is 5.75 Å². The third-order valence-corrected chi connectivity index (χ3v) is 5.35. The molecule has 1 aliphatic rings. The Balaban J connectivity index is 1.95. The van der Waals surface area contributed by atoms with Gasteiger partial charge in [-0.3, -0.25) is 4.68 Å². The molecule has 3 nitrogen and oxygen atoms in total. The first-order valence-electron chi connectivity index (χ1n) is 8.51. The van der Waals surface area contributed by atoms with Crippen molar-refractivity contribution in [1.82, 2.24) is 9.78 Å². The Morgan fingerprint density at radius 1 is 1.08 bits per heavy atom. The first-order chi connectivity index (χ1) is 11.7. The summed E-state index contributed by atoms with van der Waals surface area (Å²) >= 11 is 6.58. The number of benzene rings is 2. The van der Waals surface area contributed by atoms with Crippen LogP contribution in [0.15, 0.2) is 36.4 Å². The van der Waals surface area contributed by atoms with Gasteiger partial charge in [-0.1, -0.05) is 30.5 Å². The van der Waals surface area contributed by atoms with Crippen molar-refractivity contribution in [3.05, 3.63) is 47.0 Å². The second-order valence-electron chi connectivity index (χ2n) is 6.55. The SMILES string of the molecule is COc1ccc(-c2nn(C3CCCC3)c3c(Cl)ccc(C)c23)cc1. The lowest BCUT2D eigenvalue weighted by molar-refractivity contribution is 0.415. The highest BCUT2D eigenvalue weighted by molar-refractivity contribution is 6.35. The maximum Gasteiger partial charge on any atom is 0.118 e. The smallest absolute Gasteiger partial charge is 0.118 e. The minimum absolute atomic E-state index is 0.457. The van der Waals surface area contributed by atoms with Crippen molar-refractivity contribution in [2.24, 2.45) is 0 Å². The molecule has 1 aromatic heterocycles. The summed E-state index contributed by atoms with van der Waals surface area (Å²) < 4.78 is 7.45. The molecule has 1 aliphatic carbocycles. The van der Waals surface area contributed by atoms with Gasteiger partial charge in [-0.05, 0) is 55.7 Å². The molecule has 1 saturated carbocycles. The van der Waals surface area contributed by atoms with Gasteiger partial charge in [0.2, 0.25) is 0 Å².